The van der Waals surface area contributed by atoms with Crippen LogP contribution in [0.3, 0.4) is 0 Å². The topological polar surface area (TPSA) is 119 Å². The van der Waals surface area contributed by atoms with E-state index in [4.69, 9.17) is 10.9 Å². The molecule has 0 bridgehead atoms. The van der Waals surface area contributed by atoms with Crippen molar-refractivity contribution in [1.82, 2.24) is 9.62 Å². The Labute approximate surface area is 121 Å². The lowest BCUT2D eigenvalue weighted by Gasteiger charge is -2.34. The van der Waals surface area contributed by atoms with Gasteiger partial charge in [0, 0.05) is 19.6 Å². The van der Waals surface area contributed by atoms with E-state index in [0.29, 0.717) is 19.5 Å². The van der Waals surface area contributed by atoms with E-state index < -0.39 is 16.3 Å². The van der Waals surface area contributed by atoms with E-state index in [0.717, 1.165) is 25.7 Å². The first-order valence-electron chi connectivity index (χ1n) is 7.15. The largest absolute Gasteiger partial charge is 0.341 e. The molecule has 118 valence electrons. The number of amides is 1. The standard InChI is InChI=1S/C12H26N4O3S/c1-2-3-6-11(13)12(17)16-7-4-5-10(9-16)8-15-20(14,18)19/h10-11,15H,2-9,13H2,1H3,(H2,14,18,19). The molecule has 1 saturated heterocycles. The minimum absolute atomic E-state index is 0.0289. The number of nitrogens with zero attached hydrogens (tertiary/aromatic N) is 1. The zero-order valence-electron chi connectivity index (χ0n) is 12.0. The Balaban J connectivity index is 2.45. The quantitative estimate of drug-likeness (QED) is 0.589. The van der Waals surface area contributed by atoms with Crippen LogP contribution in [0.1, 0.15) is 39.0 Å². The fraction of sp³-hybridized carbons (Fsp3) is 0.917. The summed E-state index contributed by atoms with van der Waals surface area (Å²) in [5.74, 6) is 0.0724. The van der Waals surface area contributed by atoms with Gasteiger partial charge in [0.15, 0.2) is 0 Å². The predicted molar refractivity (Wildman–Crippen MR) is 77.9 cm³/mol. The van der Waals surface area contributed by atoms with Gasteiger partial charge in [-0.25, -0.2) is 9.86 Å². The predicted octanol–water partition coefficient (Wildman–Crippen LogP) is -0.464. The van der Waals surface area contributed by atoms with Crippen molar-refractivity contribution in [3.63, 3.8) is 0 Å². The molecule has 1 rings (SSSR count). The van der Waals surface area contributed by atoms with Crippen LogP contribution in [0.2, 0.25) is 0 Å². The number of piperidine rings is 1. The molecule has 0 spiro atoms. The lowest BCUT2D eigenvalue weighted by Crippen LogP contribution is -2.50. The van der Waals surface area contributed by atoms with E-state index in [2.05, 4.69) is 11.6 Å². The highest BCUT2D eigenvalue weighted by Gasteiger charge is 2.27. The molecule has 1 aliphatic rings. The second-order valence-corrected chi connectivity index (χ2v) is 6.81. The van der Waals surface area contributed by atoms with Gasteiger partial charge in [0.1, 0.15) is 0 Å². The summed E-state index contributed by atoms with van der Waals surface area (Å²) < 4.78 is 24.1. The third-order valence-corrected chi connectivity index (χ3v) is 4.16. The number of carbonyl (C=O) groups is 1. The summed E-state index contributed by atoms with van der Waals surface area (Å²) in [7, 11) is -3.67. The summed E-state index contributed by atoms with van der Waals surface area (Å²) in [5, 5.41) is 4.91. The number of rotatable bonds is 7. The molecule has 1 heterocycles. The molecule has 7 nitrogen and oxygen atoms in total. The van der Waals surface area contributed by atoms with Crippen molar-refractivity contribution in [3.05, 3.63) is 0 Å². The fourth-order valence-electron chi connectivity index (χ4n) is 2.45. The van der Waals surface area contributed by atoms with Crippen molar-refractivity contribution in [3.8, 4) is 0 Å². The second-order valence-electron chi connectivity index (χ2n) is 5.43. The van der Waals surface area contributed by atoms with E-state index >= 15 is 0 Å². The van der Waals surface area contributed by atoms with Gasteiger partial charge in [0.2, 0.25) is 5.91 Å². The van der Waals surface area contributed by atoms with E-state index in [1.165, 1.54) is 0 Å². The molecule has 0 aliphatic carbocycles. The maximum Gasteiger partial charge on any atom is 0.274 e. The van der Waals surface area contributed by atoms with Crippen molar-refractivity contribution in [2.45, 2.75) is 45.1 Å². The van der Waals surface area contributed by atoms with Gasteiger partial charge in [-0.15, -0.1) is 0 Å². The SMILES string of the molecule is CCCCC(N)C(=O)N1CCCC(CNS(N)(=O)=O)C1. The highest BCUT2D eigenvalue weighted by Crippen LogP contribution is 2.17. The molecule has 1 amide bonds. The van der Waals surface area contributed by atoms with Crippen LogP contribution >= 0.6 is 0 Å². The van der Waals surface area contributed by atoms with Gasteiger partial charge in [-0.1, -0.05) is 19.8 Å². The van der Waals surface area contributed by atoms with Gasteiger partial charge in [-0.2, -0.15) is 8.42 Å². The first-order chi connectivity index (χ1) is 9.33. The van der Waals surface area contributed by atoms with Gasteiger partial charge in [-0.05, 0) is 25.2 Å². The summed E-state index contributed by atoms with van der Waals surface area (Å²) in [5.41, 5.74) is 5.90. The van der Waals surface area contributed by atoms with Gasteiger partial charge < -0.3 is 10.6 Å². The smallest absolute Gasteiger partial charge is 0.274 e. The Morgan fingerprint density at radius 1 is 1.50 bits per heavy atom. The molecule has 1 aliphatic heterocycles. The number of unbranched alkanes of at least 4 members (excludes halogenated alkanes) is 1. The Hall–Kier alpha value is -0.700. The number of hydrogen-bond acceptors (Lipinski definition) is 4. The number of nitrogens with one attached hydrogen (secondary N) is 1. The Bertz CT molecular complexity index is 413. The van der Waals surface area contributed by atoms with Gasteiger partial charge >= 0.3 is 0 Å². The van der Waals surface area contributed by atoms with Crippen molar-refractivity contribution in [2.75, 3.05) is 19.6 Å². The average molecular weight is 306 g/mol. The minimum atomic E-state index is -3.67. The molecule has 2 atom stereocenters. The van der Waals surface area contributed by atoms with Crippen molar-refractivity contribution in [1.29, 1.82) is 0 Å². The molecular weight excluding hydrogens is 280 g/mol. The van der Waals surface area contributed by atoms with Gasteiger partial charge in [-0.3, -0.25) is 4.79 Å². The van der Waals surface area contributed by atoms with Crippen LogP contribution in [-0.4, -0.2) is 44.9 Å². The zero-order valence-corrected chi connectivity index (χ0v) is 12.9. The molecule has 0 radical (unpaired) electrons. The Kier molecular flexibility index (Phi) is 6.87. The van der Waals surface area contributed by atoms with Crippen molar-refractivity contribution in [2.24, 2.45) is 16.8 Å². The Morgan fingerprint density at radius 3 is 2.80 bits per heavy atom. The molecule has 5 N–H and O–H groups in total. The first kappa shape index (κ1) is 17.4. The molecular formula is C12H26N4O3S. The van der Waals surface area contributed by atoms with E-state index in [-0.39, 0.29) is 18.4 Å². The highest BCUT2D eigenvalue weighted by atomic mass is 32.2. The van der Waals surface area contributed by atoms with Crippen LogP contribution < -0.4 is 15.6 Å². The lowest BCUT2D eigenvalue weighted by atomic mass is 9.97. The minimum Gasteiger partial charge on any atom is -0.341 e. The maximum atomic E-state index is 12.2. The van der Waals surface area contributed by atoms with Crippen molar-refractivity contribution < 1.29 is 13.2 Å². The Morgan fingerprint density at radius 2 is 2.20 bits per heavy atom. The summed E-state index contributed by atoms with van der Waals surface area (Å²) >= 11 is 0. The van der Waals surface area contributed by atoms with E-state index in [1.807, 2.05) is 0 Å². The molecule has 0 aromatic carbocycles. The van der Waals surface area contributed by atoms with E-state index in [1.54, 1.807) is 4.90 Å². The molecule has 0 aromatic heterocycles. The number of nitrogens with two attached hydrogens (primary N) is 2. The molecule has 1 fully saturated rings. The average Bonchev–Trinajstić information content (AvgIpc) is 2.41. The van der Waals surface area contributed by atoms with Crippen molar-refractivity contribution >= 4 is 16.1 Å². The van der Waals surface area contributed by atoms with Crippen LogP contribution in [0, 0.1) is 5.92 Å². The van der Waals surface area contributed by atoms with Gasteiger partial charge in [0.25, 0.3) is 10.2 Å². The maximum absolute atomic E-state index is 12.2. The zero-order chi connectivity index (χ0) is 15.2. The molecule has 0 saturated carbocycles. The fourth-order valence-corrected chi connectivity index (χ4v) is 2.92. The second kappa shape index (κ2) is 7.92. The number of likely N-dealkylation sites (tertiary alicyclic amines) is 1. The normalized spacial score (nSPS) is 21.8. The van der Waals surface area contributed by atoms with Crippen LogP contribution in [0.25, 0.3) is 0 Å². The highest BCUT2D eigenvalue weighted by molar-refractivity contribution is 7.87. The molecule has 20 heavy (non-hydrogen) atoms. The monoisotopic (exact) mass is 306 g/mol. The van der Waals surface area contributed by atoms with Gasteiger partial charge in [0.05, 0.1) is 6.04 Å². The third-order valence-electron chi connectivity index (χ3n) is 3.59. The molecule has 8 heteroatoms. The van der Waals surface area contributed by atoms with Crippen LogP contribution in [0.5, 0.6) is 0 Å². The number of carbonyl (C=O) groups excluding carboxylic acids is 1. The van der Waals surface area contributed by atoms with E-state index in [9.17, 15) is 13.2 Å². The van der Waals surface area contributed by atoms with Crippen LogP contribution in [0.4, 0.5) is 0 Å². The van der Waals surface area contributed by atoms with Crippen LogP contribution in [0.15, 0.2) is 0 Å². The summed E-state index contributed by atoms with van der Waals surface area (Å²) in [6, 6.07) is -0.445. The summed E-state index contributed by atoms with van der Waals surface area (Å²) in [6.07, 6.45) is 4.41. The van der Waals surface area contributed by atoms with Crippen LogP contribution in [-0.2, 0) is 15.0 Å². The molecule has 0 aromatic rings. The third kappa shape index (κ3) is 6.17. The summed E-state index contributed by atoms with van der Waals surface area (Å²) in [6.45, 7) is 3.57. The lowest BCUT2D eigenvalue weighted by molar-refractivity contribution is -0.134. The summed E-state index contributed by atoms with van der Waals surface area (Å²) in [4.78, 5) is 13.9. The molecule has 2 unspecified atom stereocenters. The first-order valence-corrected chi connectivity index (χ1v) is 8.70. The number of hydrogen-bond donors (Lipinski definition) is 3.